The first-order chi connectivity index (χ1) is 10.8. The van der Waals surface area contributed by atoms with Gasteiger partial charge in [0.2, 0.25) is 0 Å². The molecule has 0 bridgehead atoms. The molecule has 0 fully saturated rings. The Labute approximate surface area is 143 Å². The fraction of sp³-hybridized carbons (Fsp3) is 0.529. The number of hydrogen-bond donors (Lipinski definition) is 1. The van der Waals surface area contributed by atoms with Gasteiger partial charge in [-0.2, -0.15) is 5.26 Å². The van der Waals surface area contributed by atoms with Crippen LogP contribution in [0.15, 0.2) is 18.3 Å². The van der Waals surface area contributed by atoms with Crippen molar-refractivity contribution < 1.29 is 19.1 Å². The Morgan fingerprint density at radius 2 is 1.50 bits per heavy atom. The third kappa shape index (κ3) is 12.0. The van der Waals surface area contributed by atoms with E-state index < -0.39 is 23.4 Å². The molecule has 1 N–H and O–H groups in total. The molecular formula is C17H25N3O4. The molecule has 0 saturated heterocycles. The van der Waals surface area contributed by atoms with Crippen molar-refractivity contribution in [1.82, 2.24) is 10.3 Å². The first-order valence-electron chi connectivity index (χ1n) is 7.38. The zero-order valence-electron chi connectivity index (χ0n) is 15.3. The van der Waals surface area contributed by atoms with E-state index in [0.29, 0.717) is 5.56 Å². The topological polar surface area (TPSA) is 101 Å². The zero-order chi connectivity index (χ0) is 19.0. The van der Waals surface area contributed by atoms with Crippen LogP contribution in [0.2, 0.25) is 0 Å². The average molecular weight is 335 g/mol. The molecule has 0 saturated carbocycles. The van der Waals surface area contributed by atoms with Gasteiger partial charge in [-0.3, -0.25) is 4.98 Å². The number of amides is 2. The van der Waals surface area contributed by atoms with E-state index in [1.165, 1.54) is 0 Å². The maximum atomic E-state index is 11.1. The molecule has 1 aromatic rings. The van der Waals surface area contributed by atoms with Crippen molar-refractivity contribution in [2.45, 2.75) is 59.7 Å². The molecule has 0 aliphatic heterocycles. The molecule has 7 nitrogen and oxygen atoms in total. The molecule has 0 spiro atoms. The fourth-order valence-electron chi connectivity index (χ4n) is 1.22. The van der Waals surface area contributed by atoms with Crippen molar-refractivity contribution in [3.63, 3.8) is 0 Å². The standard InChI is InChI=1S/C10H19NO4.C7H6N2/c1-9(2,3)14-7(12)11-8(13)15-10(4,5)6;1-6-2-3-7(4-8)5-9-6/h1-6H3,(H,11,12,13);2-3,5H,1H3. The van der Waals surface area contributed by atoms with E-state index in [2.05, 4.69) is 4.98 Å². The molecular weight excluding hydrogens is 310 g/mol. The van der Waals surface area contributed by atoms with Gasteiger partial charge in [0.1, 0.15) is 17.3 Å². The van der Waals surface area contributed by atoms with E-state index in [1.54, 1.807) is 53.8 Å². The smallest absolute Gasteiger partial charge is 0.417 e. The maximum Gasteiger partial charge on any atom is 0.417 e. The lowest BCUT2D eigenvalue weighted by atomic mass is 10.2. The average Bonchev–Trinajstić information content (AvgIpc) is 2.35. The highest BCUT2D eigenvalue weighted by molar-refractivity contribution is 5.87. The number of aromatic nitrogens is 1. The Bertz CT molecular complexity index is 564. The van der Waals surface area contributed by atoms with Crippen LogP contribution in [0.25, 0.3) is 0 Å². The summed E-state index contributed by atoms with van der Waals surface area (Å²) in [4.78, 5) is 26.2. The Hall–Kier alpha value is -2.62. The minimum atomic E-state index is -0.809. The molecule has 1 aromatic heterocycles. The Morgan fingerprint density at radius 3 is 1.79 bits per heavy atom. The van der Waals surface area contributed by atoms with Crippen molar-refractivity contribution in [1.29, 1.82) is 5.26 Å². The van der Waals surface area contributed by atoms with Gasteiger partial charge in [-0.25, -0.2) is 14.9 Å². The van der Waals surface area contributed by atoms with Gasteiger partial charge in [0.05, 0.1) is 5.56 Å². The molecule has 0 aromatic carbocycles. The van der Waals surface area contributed by atoms with Crippen LogP contribution in [0.4, 0.5) is 9.59 Å². The third-order valence-electron chi connectivity index (χ3n) is 2.04. The highest BCUT2D eigenvalue weighted by Crippen LogP contribution is 2.08. The molecule has 24 heavy (non-hydrogen) atoms. The van der Waals surface area contributed by atoms with Gasteiger partial charge in [0.25, 0.3) is 0 Å². The monoisotopic (exact) mass is 335 g/mol. The van der Waals surface area contributed by atoms with Crippen LogP contribution in [-0.4, -0.2) is 28.4 Å². The SMILES string of the molecule is CC(C)(C)OC(=O)NC(=O)OC(C)(C)C.Cc1ccc(C#N)cn1. The van der Waals surface area contributed by atoms with Crippen molar-refractivity contribution in [3.8, 4) is 6.07 Å². The number of nitrogens with zero attached hydrogens (tertiary/aromatic N) is 2. The van der Waals surface area contributed by atoms with Crippen molar-refractivity contribution in [3.05, 3.63) is 29.6 Å². The third-order valence-corrected chi connectivity index (χ3v) is 2.04. The van der Waals surface area contributed by atoms with Crippen LogP contribution in [0.3, 0.4) is 0 Å². The minimum absolute atomic E-state index is 0.612. The largest absolute Gasteiger partial charge is 0.443 e. The number of nitrogens with one attached hydrogen (secondary N) is 1. The van der Waals surface area contributed by atoms with Gasteiger partial charge in [-0.15, -0.1) is 0 Å². The number of rotatable bonds is 0. The van der Waals surface area contributed by atoms with E-state index in [4.69, 9.17) is 14.7 Å². The lowest BCUT2D eigenvalue weighted by molar-refractivity contribution is 0.0353. The van der Waals surface area contributed by atoms with E-state index in [1.807, 2.05) is 24.4 Å². The van der Waals surface area contributed by atoms with Crippen LogP contribution < -0.4 is 5.32 Å². The second-order valence-corrected chi connectivity index (χ2v) is 6.93. The van der Waals surface area contributed by atoms with E-state index in [0.717, 1.165) is 5.69 Å². The van der Waals surface area contributed by atoms with Crippen molar-refractivity contribution in [2.24, 2.45) is 0 Å². The Kier molecular flexibility index (Phi) is 7.90. The quantitative estimate of drug-likeness (QED) is 0.775. The second kappa shape index (κ2) is 8.87. The summed E-state index contributed by atoms with van der Waals surface area (Å²) in [7, 11) is 0. The van der Waals surface area contributed by atoms with Gasteiger partial charge < -0.3 is 9.47 Å². The van der Waals surface area contributed by atoms with Gasteiger partial charge in [0, 0.05) is 11.9 Å². The summed E-state index contributed by atoms with van der Waals surface area (Å²) >= 11 is 0. The summed E-state index contributed by atoms with van der Waals surface area (Å²) in [5.74, 6) is 0. The number of alkyl carbamates (subject to hydrolysis) is 2. The Balaban J connectivity index is 0.000000496. The van der Waals surface area contributed by atoms with Crippen LogP contribution in [0, 0.1) is 18.3 Å². The van der Waals surface area contributed by atoms with Crippen LogP contribution in [-0.2, 0) is 9.47 Å². The number of carbonyl (C=O) groups is 2. The molecule has 132 valence electrons. The summed E-state index contributed by atoms with van der Waals surface area (Å²) in [6.45, 7) is 12.1. The van der Waals surface area contributed by atoms with Crippen molar-refractivity contribution >= 4 is 12.2 Å². The van der Waals surface area contributed by atoms with E-state index >= 15 is 0 Å². The first kappa shape index (κ1) is 21.4. The predicted molar refractivity (Wildman–Crippen MR) is 89.3 cm³/mol. The molecule has 2 amide bonds. The number of carbonyl (C=O) groups excluding carboxylic acids is 2. The van der Waals surface area contributed by atoms with Gasteiger partial charge >= 0.3 is 12.2 Å². The number of imide groups is 1. The van der Waals surface area contributed by atoms with Crippen LogP contribution in [0.5, 0.6) is 0 Å². The summed E-state index contributed by atoms with van der Waals surface area (Å²) in [5, 5.41) is 10.3. The summed E-state index contributed by atoms with van der Waals surface area (Å²) in [5.41, 5.74) is 0.285. The zero-order valence-corrected chi connectivity index (χ0v) is 15.3. The molecule has 0 aliphatic carbocycles. The predicted octanol–water partition coefficient (Wildman–Crippen LogP) is 3.71. The molecule has 7 heteroatoms. The van der Waals surface area contributed by atoms with E-state index in [-0.39, 0.29) is 0 Å². The minimum Gasteiger partial charge on any atom is -0.443 e. The summed E-state index contributed by atoms with van der Waals surface area (Å²) in [6.07, 6.45) is -0.0523. The summed E-state index contributed by atoms with van der Waals surface area (Å²) < 4.78 is 9.74. The Morgan fingerprint density at radius 1 is 1.04 bits per heavy atom. The molecule has 1 heterocycles. The first-order valence-corrected chi connectivity index (χ1v) is 7.38. The number of nitriles is 1. The lowest BCUT2D eigenvalue weighted by Crippen LogP contribution is -2.39. The highest BCUT2D eigenvalue weighted by Gasteiger charge is 2.21. The van der Waals surface area contributed by atoms with Gasteiger partial charge in [-0.05, 0) is 60.6 Å². The fourth-order valence-corrected chi connectivity index (χ4v) is 1.22. The van der Waals surface area contributed by atoms with Crippen LogP contribution >= 0.6 is 0 Å². The summed E-state index contributed by atoms with van der Waals surface area (Å²) in [6, 6.07) is 5.56. The number of pyridine rings is 1. The van der Waals surface area contributed by atoms with Crippen LogP contribution in [0.1, 0.15) is 52.8 Å². The highest BCUT2D eigenvalue weighted by atomic mass is 16.6. The molecule has 0 aliphatic rings. The number of ether oxygens (including phenoxy) is 2. The van der Waals surface area contributed by atoms with Gasteiger partial charge in [0.15, 0.2) is 0 Å². The molecule has 0 atom stereocenters. The molecule has 0 radical (unpaired) electrons. The molecule has 0 unspecified atom stereocenters. The molecule has 1 rings (SSSR count). The van der Waals surface area contributed by atoms with Crippen molar-refractivity contribution in [2.75, 3.05) is 0 Å². The van der Waals surface area contributed by atoms with Gasteiger partial charge in [-0.1, -0.05) is 0 Å². The number of hydrogen-bond acceptors (Lipinski definition) is 6. The number of aryl methyl sites for hydroxylation is 1. The normalized spacial score (nSPS) is 10.6. The second-order valence-electron chi connectivity index (χ2n) is 6.93. The lowest BCUT2D eigenvalue weighted by Gasteiger charge is -2.21. The maximum absolute atomic E-state index is 11.1. The van der Waals surface area contributed by atoms with E-state index in [9.17, 15) is 9.59 Å².